The fourth-order valence-corrected chi connectivity index (χ4v) is 3.86. The largest absolute Gasteiger partial charge is 0.507 e. The van der Waals surface area contributed by atoms with Crippen molar-refractivity contribution in [3.05, 3.63) is 83.6 Å². The standard InChI is InChI=1S/C25H24N2O6/c1-3-31-19-8-7-17(14-20(19)32-4-2)22-21(23(28)16-9-11-26-12-10-16)24(29)25(30)27(22)15-18-6-5-13-33-18/h5-14,22,28H,3-4,15H2,1-2H3/b23-21+. The zero-order chi connectivity index (χ0) is 23.4. The Labute approximate surface area is 191 Å². The Balaban J connectivity index is 1.87. The number of benzene rings is 1. The Bertz CT molecular complexity index is 1170. The Morgan fingerprint density at radius 2 is 1.79 bits per heavy atom. The third-order valence-corrected chi connectivity index (χ3v) is 5.28. The number of aliphatic hydroxyl groups is 1. The third-order valence-electron chi connectivity index (χ3n) is 5.28. The number of likely N-dealkylation sites (tertiary alicyclic amines) is 1. The van der Waals surface area contributed by atoms with E-state index in [4.69, 9.17) is 13.9 Å². The summed E-state index contributed by atoms with van der Waals surface area (Å²) in [5.41, 5.74) is 0.981. The molecular weight excluding hydrogens is 424 g/mol. The Morgan fingerprint density at radius 1 is 1.06 bits per heavy atom. The molecule has 1 saturated heterocycles. The number of pyridine rings is 1. The van der Waals surface area contributed by atoms with Crippen molar-refractivity contribution in [2.75, 3.05) is 13.2 Å². The average molecular weight is 448 g/mol. The van der Waals surface area contributed by atoms with Gasteiger partial charge in [-0.05, 0) is 55.8 Å². The molecule has 0 saturated carbocycles. The number of carbonyl (C=O) groups excluding carboxylic acids is 2. The van der Waals surface area contributed by atoms with E-state index in [-0.39, 0.29) is 17.9 Å². The van der Waals surface area contributed by atoms with Crippen molar-refractivity contribution in [1.82, 2.24) is 9.88 Å². The highest BCUT2D eigenvalue weighted by Gasteiger charge is 2.46. The van der Waals surface area contributed by atoms with E-state index in [1.54, 1.807) is 42.5 Å². The van der Waals surface area contributed by atoms with E-state index in [1.165, 1.54) is 23.6 Å². The molecule has 0 spiro atoms. The summed E-state index contributed by atoms with van der Waals surface area (Å²) in [5, 5.41) is 11.1. The summed E-state index contributed by atoms with van der Waals surface area (Å²) < 4.78 is 16.8. The summed E-state index contributed by atoms with van der Waals surface area (Å²) in [5.74, 6) is -0.201. The van der Waals surface area contributed by atoms with Crippen LogP contribution in [0.5, 0.6) is 11.5 Å². The molecule has 1 amide bonds. The van der Waals surface area contributed by atoms with Gasteiger partial charge in [0, 0.05) is 18.0 Å². The number of rotatable bonds is 8. The summed E-state index contributed by atoms with van der Waals surface area (Å²) in [6.07, 6.45) is 4.52. The molecule has 8 nitrogen and oxygen atoms in total. The van der Waals surface area contributed by atoms with Crippen LogP contribution in [0.4, 0.5) is 0 Å². The van der Waals surface area contributed by atoms with Crippen molar-refractivity contribution in [2.24, 2.45) is 0 Å². The number of amides is 1. The molecule has 0 bridgehead atoms. The summed E-state index contributed by atoms with van der Waals surface area (Å²) in [7, 11) is 0. The van der Waals surface area contributed by atoms with Gasteiger partial charge in [-0.1, -0.05) is 6.07 Å². The molecule has 3 heterocycles. The molecule has 1 fully saturated rings. The second kappa shape index (κ2) is 9.60. The van der Waals surface area contributed by atoms with Gasteiger partial charge in [0.1, 0.15) is 11.5 Å². The number of aliphatic hydroxyl groups excluding tert-OH is 1. The van der Waals surface area contributed by atoms with Crippen LogP contribution in [0.15, 0.2) is 71.1 Å². The molecule has 1 aromatic carbocycles. The van der Waals surface area contributed by atoms with Crippen molar-refractivity contribution in [3.8, 4) is 11.5 Å². The van der Waals surface area contributed by atoms with E-state index < -0.39 is 17.7 Å². The number of nitrogens with zero attached hydrogens (tertiary/aromatic N) is 2. The normalized spacial score (nSPS) is 17.4. The first-order valence-corrected chi connectivity index (χ1v) is 10.7. The van der Waals surface area contributed by atoms with Gasteiger partial charge < -0.3 is 23.9 Å². The van der Waals surface area contributed by atoms with Gasteiger partial charge in [0.25, 0.3) is 11.7 Å². The van der Waals surface area contributed by atoms with E-state index in [0.29, 0.717) is 41.6 Å². The molecule has 1 N–H and O–H groups in total. The lowest BCUT2D eigenvalue weighted by molar-refractivity contribution is -0.140. The third kappa shape index (κ3) is 4.32. The van der Waals surface area contributed by atoms with Gasteiger partial charge in [0.2, 0.25) is 0 Å². The lowest BCUT2D eigenvalue weighted by Gasteiger charge is -2.25. The molecule has 3 aromatic rings. The smallest absolute Gasteiger partial charge is 0.296 e. The van der Waals surface area contributed by atoms with E-state index in [9.17, 15) is 14.7 Å². The molecule has 33 heavy (non-hydrogen) atoms. The van der Waals surface area contributed by atoms with Gasteiger partial charge in [-0.2, -0.15) is 0 Å². The molecule has 4 rings (SSSR count). The minimum atomic E-state index is -0.849. The van der Waals surface area contributed by atoms with Crippen LogP contribution in [0, 0.1) is 0 Å². The molecule has 1 aliphatic rings. The van der Waals surface area contributed by atoms with Crippen LogP contribution in [0.25, 0.3) is 5.76 Å². The highest BCUT2D eigenvalue weighted by Crippen LogP contribution is 2.42. The number of furan rings is 1. The second-order valence-electron chi connectivity index (χ2n) is 7.31. The summed E-state index contributed by atoms with van der Waals surface area (Å²) in [6, 6.07) is 11.0. The predicted octanol–water partition coefficient (Wildman–Crippen LogP) is 4.09. The van der Waals surface area contributed by atoms with Crippen molar-refractivity contribution in [3.63, 3.8) is 0 Å². The zero-order valence-electron chi connectivity index (χ0n) is 18.4. The highest BCUT2D eigenvalue weighted by molar-refractivity contribution is 6.46. The van der Waals surface area contributed by atoms with Crippen LogP contribution >= 0.6 is 0 Å². The molecule has 170 valence electrons. The van der Waals surface area contributed by atoms with Gasteiger partial charge in [0.05, 0.1) is 37.6 Å². The quantitative estimate of drug-likeness (QED) is 0.314. The van der Waals surface area contributed by atoms with Crippen LogP contribution in [0.2, 0.25) is 0 Å². The topological polar surface area (TPSA) is 102 Å². The van der Waals surface area contributed by atoms with Crippen molar-refractivity contribution in [2.45, 2.75) is 26.4 Å². The maximum Gasteiger partial charge on any atom is 0.296 e. The summed E-state index contributed by atoms with van der Waals surface area (Å²) in [6.45, 7) is 4.66. The van der Waals surface area contributed by atoms with Crippen molar-refractivity contribution in [1.29, 1.82) is 0 Å². The lowest BCUT2D eigenvalue weighted by Crippen LogP contribution is -2.29. The Morgan fingerprint density at radius 3 is 2.45 bits per heavy atom. The number of aromatic nitrogens is 1. The molecule has 0 radical (unpaired) electrons. The fraction of sp³-hybridized carbons (Fsp3) is 0.240. The van der Waals surface area contributed by atoms with Crippen LogP contribution in [-0.4, -0.2) is 39.9 Å². The maximum atomic E-state index is 13.1. The molecular formula is C25H24N2O6. The molecule has 8 heteroatoms. The SMILES string of the molecule is CCOc1ccc(C2/C(=C(\O)c3ccncc3)C(=O)C(=O)N2Cc2ccco2)cc1OCC. The highest BCUT2D eigenvalue weighted by atomic mass is 16.5. The molecule has 1 aliphatic heterocycles. The number of hydrogen-bond donors (Lipinski definition) is 1. The number of hydrogen-bond acceptors (Lipinski definition) is 7. The minimum absolute atomic E-state index is 0.00985. The second-order valence-corrected chi connectivity index (χ2v) is 7.31. The zero-order valence-corrected chi connectivity index (χ0v) is 18.4. The van der Waals surface area contributed by atoms with Crippen molar-refractivity contribution >= 4 is 17.4 Å². The van der Waals surface area contributed by atoms with Crippen LogP contribution in [0.1, 0.15) is 36.8 Å². The average Bonchev–Trinajstić information content (AvgIpc) is 3.43. The molecule has 0 aliphatic carbocycles. The van der Waals surface area contributed by atoms with Gasteiger partial charge in [-0.15, -0.1) is 0 Å². The maximum absolute atomic E-state index is 13.1. The van der Waals surface area contributed by atoms with Crippen LogP contribution in [0.3, 0.4) is 0 Å². The van der Waals surface area contributed by atoms with E-state index in [1.807, 2.05) is 13.8 Å². The minimum Gasteiger partial charge on any atom is -0.507 e. The van der Waals surface area contributed by atoms with E-state index in [0.717, 1.165) is 0 Å². The number of carbonyl (C=O) groups is 2. The van der Waals surface area contributed by atoms with Gasteiger partial charge in [-0.3, -0.25) is 14.6 Å². The number of ether oxygens (including phenoxy) is 2. The monoisotopic (exact) mass is 448 g/mol. The van der Waals surface area contributed by atoms with Crippen LogP contribution in [-0.2, 0) is 16.1 Å². The first-order valence-electron chi connectivity index (χ1n) is 10.7. The molecule has 2 aromatic heterocycles. The summed E-state index contributed by atoms with van der Waals surface area (Å²) >= 11 is 0. The first-order chi connectivity index (χ1) is 16.0. The Hall–Kier alpha value is -4.07. The Kier molecular flexibility index (Phi) is 6.44. The predicted molar refractivity (Wildman–Crippen MR) is 120 cm³/mol. The molecule has 1 unspecified atom stereocenters. The summed E-state index contributed by atoms with van der Waals surface area (Å²) in [4.78, 5) is 31.5. The van der Waals surface area contributed by atoms with Gasteiger partial charge in [-0.25, -0.2) is 0 Å². The lowest BCUT2D eigenvalue weighted by atomic mass is 9.95. The van der Waals surface area contributed by atoms with Gasteiger partial charge >= 0.3 is 0 Å². The fourth-order valence-electron chi connectivity index (χ4n) is 3.86. The van der Waals surface area contributed by atoms with Crippen molar-refractivity contribution < 1.29 is 28.6 Å². The number of ketones is 1. The molecule has 1 atom stereocenters. The van der Waals surface area contributed by atoms with E-state index >= 15 is 0 Å². The van der Waals surface area contributed by atoms with Crippen LogP contribution < -0.4 is 9.47 Å². The number of Topliss-reactive ketones (excluding diaryl/α,β-unsaturated/α-hetero) is 1. The van der Waals surface area contributed by atoms with Gasteiger partial charge in [0.15, 0.2) is 11.5 Å². The first kappa shape index (κ1) is 22.1. The van der Waals surface area contributed by atoms with E-state index in [2.05, 4.69) is 4.98 Å².